The first-order valence-corrected chi connectivity index (χ1v) is 8.37. The van der Waals surface area contributed by atoms with E-state index in [1.54, 1.807) is 0 Å². The third-order valence-electron chi connectivity index (χ3n) is 3.02. The summed E-state index contributed by atoms with van der Waals surface area (Å²) < 4.78 is 26.7. The molecule has 0 aliphatic carbocycles. The maximum absolute atomic E-state index is 11.8. The molecule has 0 heterocycles. The highest BCUT2D eigenvalue weighted by molar-refractivity contribution is 7.89. The van der Waals surface area contributed by atoms with E-state index in [2.05, 4.69) is 10.1 Å². The number of rotatable bonds is 8. The van der Waals surface area contributed by atoms with Gasteiger partial charge in [-0.05, 0) is 37.1 Å². The van der Waals surface area contributed by atoms with Crippen molar-refractivity contribution in [1.29, 1.82) is 0 Å². The number of nitrogens with one attached hydrogen (secondary N) is 1. The Labute approximate surface area is 129 Å². The molecule has 8 heteroatoms. The molecule has 7 nitrogen and oxygen atoms in total. The monoisotopic (exact) mass is 328 g/mol. The minimum absolute atomic E-state index is 0.0353. The summed E-state index contributed by atoms with van der Waals surface area (Å²) in [5.74, 6) is -0.520. The number of hydrogen-bond donors (Lipinski definition) is 2. The first kappa shape index (κ1) is 18.1. The molecule has 122 valence electrons. The number of amides is 1. The summed E-state index contributed by atoms with van der Waals surface area (Å²) in [4.78, 5) is 22.7. The van der Waals surface area contributed by atoms with Crippen molar-refractivity contribution in [2.24, 2.45) is 5.14 Å². The molecule has 0 atom stereocenters. The van der Waals surface area contributed by atoms with Crippen LogP contribution in [0, 0.1) is 0 Å². The van der Waals surface area contributed by atoms with Gasteiger partial charge >= 0.3 is 5.97 Å². The van der Waals surface area contributed by atoms with Crippen LogP contribution < -0.4 is 10.5 Å². The second kappa shape index (κ2) is 8.50. The van der Waals surface area contributed by atoms with E-state index < -0.39 is 10.0 Å². The Morgan fingerprint density at radius 1 is 1.14 bits per heavy atom. The lowest BCUT2D eigenvalue weighted by atomic mass is 10.2. The fraction of sp³-hybridized carbons (Fsp3) is 0.429. The Hall–Kier alpha value is -1.93. The van der Waals surface area contributed by atoms with Crippen molar-refractivity contribution in [1.82, 2.24) is 5.32 Å². The molecular weight excluding hydrogens is 308 g/mol. The lowest BCUT2D eigenvalue weighted by Crippen LogP contribution is -2.24. The molecule has 1 aromatic rings. The normalized spacial score (nSPS) is 11.0. The van der Waals surface area contributed by atoms with Gasteiger partial charge in [0.15, 0.2) is 0 Å². The Morgan fingerprint density at radius 2 is 1.77 bits per heavy atom. The number of carbonyl (C=O) groups is 2. The fourth-order valence-corrected chi connectivity index (χ4v) is 2.29. The summed E-state index contributed by atoms with van der Waals surface area (Å²) in [5.41, 5.74) is 0.363. The van der Waals surface area contributed by atoms with Crippen molar-refractivity contribution in [2.75, 3.05) is 13.7 Å². The summed E-state index contributed by atoms with van der Waals surface area (Å²) in [6.07, 6.45) is 2.64. The minimum atomic E-state index is -3.75. The van der Waals surface area contributed by atoms with Gasteiger partial charge in [0.25, 0.3) is 5.91 Å². The Morgan fingerprint density at radius 3 is 2.32 bits per heavy atom. The average molecular weight is 328 g/mol. The maximum atomic E-state index is 11.8. The minimum Gasteiger partial charge on any atom is -0.469 e. The van der Waals surface area contributed by atoms with Crippen LogP contribution in [0.3, 0.4) is 0 Å². The number of unbranched alkanes of at least 4 members (excludes halogenated alkanes) is 2. The van der Waals surface area contributed by atoms with E-state index in [-0.39, 0.29) is 16.8 Å². The predicted molar refractivity (Wildman–Crippen MR) is 80.6 cm³/mol. The van der Waals surface area contributed by atoms with Crippen LogP contribution in [-0.2, 0) is 19.6 Å². The molecule has 0 aromatic heterocycles. The van der Waals surface area contributed by atoms with Gasteiger partial charge in [0.1, 0.15) is 0 Å². The molecule has 0 saturated carbocycles. The number of sulfonamides is 1. The molecule has 0 bridgehead atoms. The van der Waals surface area contributed by atoms with Gasteiger partial charge in [-0.3, -0.25) is 9.59 Å². The van der Waals surface area contributed by atoms with Crippen LogP contribution in [0.5, 0.6) is 0 Å². The van der Waals surface area contributed by atoms with Gasteiger partial charge in [-0.15, -0.1) is 0 Å². The van der Waals surface area contributed by atoms with Crippen LogP contribution in [0.15, 0.2) is 29.2 Å². The Kier molecular flexibility index (Phi) is 7.00. The quantitative estimate of drug-likeness (QED) is 0.541. The van der Waals surface area contributed by atoms with Gasteiger partial charge in [-0.2, -0.15) is 0 Å². The second-order valence-corrected chi connectivity index (χ2v) is 6.27. The zero-order chi connectivity index (χ0) is 16.6. The molecule has 22 heavy (non-hydrogen) atoms. The molecule has 0 spiro atoms. The van der Waals surface area contributed by atoms with Crippen LogP contribution in [0.2, 0.25) is 0 Å². The topological polar surface area (TPSA) is 116 Å². The highest BCUT2D eigenvalue weighted by Crippen LogP contribution is 2.08. The SMILES string of the molecule is COC(=O)CCCCCNC(=O)c1ccc(S(N)(=O)=O)cc1. The summed E-state index contributed by atoms with van der Waals surface area (Å²) >= 11 is 0. The number of ether oxygens (including phenoxy) is 1. The standard InChI is InChI=1S/C14H20N2O5S/c1-21-13(17)5-3-2-4-10-16-14(18)11-6-8-12(9-7-11)22(15,19)20/h6-9H,2-5,10H2,1H3,(H,16,18)(H2,15,19,20). The molecule has 0 saturated heterocycles. The first-order chi connectivity index (χ1) is 10.3. The van der Waals surface area contributed by atoms with Crippen molar-refractivity contribution in [3.63, 3.8) is 0 Å². The van der Waals surface area contributed by atoms with Crippen LogP contribution in [0.25, 0.3) is 0 Å². The highest BCUT2D eigenvalue weighted by atomic mass is 32.2. The Bertz CT molecular complexity index is 611. The molecule has 0 unspecified atom stereocenters. The third kappa shape index (κ3) is 6.23. The van der Waals surface area contributed by atoms with Crippen molar-refractivity contribution in [3.05, 3.63) is 29.8 Å². The number of esters is 1. The van der Waals surface area contributed by atoms with Crippen LogP contribution in [0.1, 0.15) is 36.0 Å². The van der Waals surface area contributed by atoms with Gasteiger partial charge in [-0.25, -0.2) is 13.6 Å². The number of hydrogen-bond acceptors (Lipinski definition) is 5. The second-order valence-electron chi connectivity index (χ2n) is 4.71. The number of primary sulfonamides is 1. The lowest BCUT2D eigenvalue weighted by Gasteiger charge is -2.06. The molecule has 0 aliphatic rings. The maximum Gasteiger partial charge on any atom is 0.305 e. The van der Waals surface area contributed by atoms with Crippen LogP contribution >= 0.6 is 0 Å². The van der Waals surface area contributed by atoms with E-state index in [4.69, 9.17) is 5.14 Å². The third-order valence-corrected chi connectivity index (χ3v) is 3.95. The molecule has 3 N–H and O–H groups in total. The summed E-state index contributed by atoms with van der Waals surface area (Å²) in [6, 6.07) is 5.40. The predicted octanol–water partition coefficient (Wildman–Crippen LogP) is 0.797. The molecule has 1 aromatic carbocycles. The fourth-order valence-electron chi connectivity index (χ4n) is 1.77. The molecule has 0 fully saturated rings. The summed E-state index contributed by atoms with van der Waals surface area (Å²) in [7, 11) is -2.40. The smallest absolute Gasteiger partial charge is 0.305 e. The average Bonchev–Trinajstić information content (AvgIpc) is 2.49. The van der Waals surface area contributed by atoms with Crippen molar-refractivity contribution in [2.45, 2.75) is 30.6 Å². The molecular formula is C14H20N2O5S. The number of methoxy groups -OCH3 is 1. The first-order valence-electron chi connectivity index (χ1n) is 6.82. The molecule has 1 rings (SSSR count). The number of carbonyl (C=O) groups excluding carboxylic acids is 2. The van der Waals surface area contributed by atoms with E-state index in [1.807, 2.05) is 0 Å². The van der Waals surface area contributed by atoms with Crippen molar-refractivity contribution >= 4 is 21.9 Å². The highest BCUT2D eigenvalue weighted by Gasteiger charge is 2.09. The van der Waals surface area contributed by atoms with E-state index in [0.29, 0.717) is 24.9 Å². The number of nitrogens with two attached hydrogens (primary N) is 1. The number of benzene rings is 1. The van der Waals surface area contributed by atoms with E-state index in [9.17, 15) is 18.0 Å². The lowest BCUT2D eigenvalue weighted by molar-refractivity contribution is -0.140. The van der Waals surface area contributed by atoms with Gasteiger partial charge in [0.2, 0.25) is 10.0 Å². The molecule has 1 amide bonds. The molecule has 0 radical (unpaired) electrons. The van der Waals surface area contributed by atoms with Crippen molar-refractivity contribution < 1.29 is 22.7 Å². The van der Waals surface area contributed by atoms with Gasteiger partial charge < -0.3 is 10.1 Å². The summed E-state index contributed by atoms with van der Waals surface area (Å²) in [6.45, 7) is 0.483. The Balaban J connectivity index is 2.32. The van der Waals surface area contributed by atoms with E-state index >= 15 is 0 Å². The molecule has 0 aliphatic heterocycles. The van der Waals surface area contributed by atoms with E-state index in [1.165, 1.54) is 31.4 Å². The van der Waals surface area contributed by atoms with Crippen LogP contribution in [0.4, 0.5) is 0 Å². The summed E-state index contributed by atoms with van der Waals surface area (Å²) in [5, 5.41) is 7.70. The van der Waals surface area contributed by atoms with Crippen LogP contribution in [-0.4, -0.2) is 33.9 Å². The zero-order valence-electron chi connectivity index (χ0n) is 12.4. The largest absolute Gasteiger partial charge is 0.469 e. The zero-order valence-corrected chi connectivity index (χ0v) is 13.2. The van der Waals surface area contributed by atoms with E-state index in [0.717, 1.165) is 12.8 Å². The van der Waals surface area contributed by atoms with Gasteiger partial charge in [0.05, 0.1) is 12.0 Å². The van der Waals surface area contributed by atoms with Gasteiger partial charge in [0, 0.05) is 18.5 Å². The van der Waals surface area contributed by atoms with Crippen molar-refractivity contribution in [3.8, 4) is 0 Å². The van der Waals surface area contributed by atoms with Gasteiger partial charge in [-0.1, -0.05) is 6.42 Å².